The first-order valence-electron chi connectivity index (χ1n) is 6.69. The summed E-state index contributed by atoms with van der Waals surface area (Å²) in [5.41, 5.74) is 1.51. The summed E-state index contributed by atoms with van der Waals surface area (Å²) in [6, 6.07) is 15.8. The van der Waals surface area contributed by atoms with Gasteiger partial charge in [-0.05, 0) is 30.2 Å². The molecule has 21 heavy (non-hydrogen) atoms. The van der Waals surface area contributed by atoms with E-state index in [2.05, 4.69) is 0 Å². The topological polar surface area (TPSA) is 57.6 Å². The van der Waals surface area contributed by atoms with Gasteiger partial charge in [0.1, 0.15) is 0 Å². The number of hydrogen-bond donors (Lipinski definition) is 1. The highest BCUT2D eigenvalue weighted by atomic mass is 32.2. The maximum absolute atomic E-state index is 12.6. The van der Waals surface area contributed by atoms with Gasteiger partial charge in [-0.15, -0.1) is 0 Å². The van der Waals surface area contributed by atoms with Crippen molar-refractivity contribution in [1.29, 1.82) is 0 Å². The van der Waals surface area contributed by atoms with Gasteiger partial charge in [0.25, 0.3) is 0 Å². The summed E-state index contributed by atoms with van der Waals surface area (Å²) >= 11 is 0. The van der Waals surface area contributed by atoms with Gasteiger partial charge in [0, 0.05) is 13.6 Å². The second-order valence-corrected chi connectivity index (χ2v) is 7.04. The van der Waals surface area contributed by atoms with Crippen molar-refractivity contribution in [3.8, 4) is 0 Å². The van der Waals surface area contributed by atoms with E-state index in [-0.39, 0.29) is 4.90 Å². The molecule has 0 fully saturated rings. The predicted molar refractivity (Wildman–Crippen MR) is 82.2 cm³/mol. The van der Waals surface area contributed by atoms with Crippen molar-refractivity contribution in [1.82, 2.24) is 4.31 Å². The number of nitrogens with zero attached hydrogens (tertiary/aromatic N) is 1. The van der Waals surface area contributed by atoms with E-state index in [0.717, 1.165) is 5.56 Å². The molecular formula is C16H19NO3S. The summed E-state index contributed by atoms with van der Waals surface area (Å²) in [7, 11) is -2.02. The summed E-state index contributed by atoms with van der Waals surface area (Å²) in [5, 5.41) is 9.58. The average molecular weight is 305 g/mol. The fourth-order valence-electron chi connectivity index (χ4n) is 2.04. The molecule has 0 spiro atoms. The lowest BCUT2D eigenvalue weighted by Crippen LogP contribution is -2.26. The second-order valence-electron chi connectivity index (χ2n) is 5.00. The maximum Gasteiger partial charge on any atom is 0.243 e. The molecule has 4 nitrogen and oxygen atoms in total. The highest BCUT2D eigenvalue weighted by molar-refractivity contribution is 7.89. The van der Waals surface area contributed by atoms with Crippen molar-refractivity contribution >= 4 is 10.0 Å². The zero-order valence-electron chi connectivity index (χ0n) is 12.1. The number of aliphatic hydroxyl groups excluding tert-OH is 1. The molecule has 1 atom stereocenters. The Morgan fingerprint density at radius 2 is 1.76 bits per heavy atom. The first-order chi connectivity index (χ1) is 9.91. The number of rotatable bonds is 5. The van der Waals surface area contributed by atoms with Crippen LogP contribution >= 0.6 is 0 Å². The van der Waals surface area contributed by atoms with Gasteiger partial charge in [0.05, 0.1) is 11.0 Å². The zero-order chi connectivity index (χ0) is 15.5. The fraction of sp³-hybridized carbons (Fsp3) is 0.250. The molecule has 0 aliphatic heterocycles. The van der Waals surface area contributed by atoms with E-state index in [0.29, 0.717) is 12.1 Å². The zero-order valence-corrected chi connectivity index (χ0v) is 12.9. The van der Waals surface area contributed by atoms with E-state index in [1.54, 1.807) is 32.2 Å². The third-order valence-corrected chi connectivity index (χ3v) is 5.10. The lowest BCUT2D eigenvalue weighted by Gasteiger charge is -2.18. The van der Waals surface area contributed by atoms with Crippen LogP contribution in [0, 0.1) is 0 Å². The third-order valence-electron chi connectivity index (χ3n) is 3.30. The fourth-order valence-corrected chi connectivity index (χ4v) is 3.25. The van der Waals surface area contributed by atoms with Crippen molar-refractivity contribution in [3.05, 3.63) is 65.7 Å². The molecule has 0 saturated carbocycles. The van der Waals surface area contributed by atoms with Crippen LogP contribution in [0.5, 0.6) is 0 Å². The van der Waals surface area contributed by atoms with Gasteiger partial charge in [-0.2, -0.15) is 4.31 Å². The Morgan fingerprint density at radius 3 is 2.38 bits per heavy atom. The second kappa shape index (κ2) is 6.39. The SMILES string of the molecule is CC(O)c1cccc(S(=O)(=O)N(C)Cc2ccccc2)c1. The number of hydrogen-bond acceptors (Lipinski definition) is 3. The largest absolute Gasteiger partial charge is 0.389 e. The van der Waals surface area contributed by atoms with Gasteiger partial charge in [0.15, 0.2) is 0 Å². The van der Waals surface area contributed by atoms with Gasteiger partial charge in [-0.3, -0.25) is 0 Å². The quantitative estimate of drug-likeness (QED) is 0.923. The molecule has 0 bridgehead atoms. The van der Waals surface area contributed by atoms with Crippen molar-refractivity contribution in [3.63, 3.8) is 0 Å². The number of benzene rings is 2. The van der Waals surface area contributed by atoms with Crippen molar-refractivity contribution in [2.24, 2.45) is 0 Å². The molecule has 0 saturated heterocycles. The van der Waals surface area contributed by atoms with Gasteiger partial charge in [0.2, 0.25) is 10.0 Å². The van der Waals surface area contributed by atoms with Crippen LogP contribution < -0.4 is 0 Å². The molecule has 112 valence electrons. The van der Waals surface area contributed by atoms with E-state index in [4.69, 9.17) is 0 Å². The predicted octanol–water partition coefficient (Wildman–Crippen LogP) is 2.56. The molecule has 5 heteroatoms. The Balaban J connectivity index is 2.27. The van der Waals surface area contributed by atoms with Crippen molar-refractivity contribution in [2.75, 3.05) is 7.05 Å². The van der Waals surface area contributed by atoms with Crippen LogP contribution in [0.3, 0.4) is 0 Å². The Kier molecular flexibility index (Phi) is 4.77. The maximum atomic E-state index is 12.6. The van der Waals surface area contributed by atoms with Crippen LogP contribution in [0.15, 0.2) is 59.5 Å². The van der Waals surface area contributed by atoms with E-state index in [1.165, 1.54) is 10.4 Å². The Morgan fingerprint density at radius 1 is 1.10 bits per heavy atom. The average Bonchev–Trinajstić information content (AvgIpc) is 2.48. The molecule has 0 radical (unpaired) electrons. The van der Waals surface area contributed by atoms with Crippen LogP contribution in [0.1, 0.15) is 24.2 Å². The van der Waals surface area contributed by atoms with Crippen LogP contribution in [0.2, 0.25) is 0 Å². The van der Waals surface area contributed by atoms with Crippen LogP contribution in [0.25, 0.3) is 0 Å². The van der Waals surface area contributed by atoms with E-state index < -0.39 is 16.1 Å². The van der Waals surface area contributed by atoms with Gasteiger partial charge in [-0.25, -0.2) is 8.42 Å². The standard InChI is InChI=1S/C16H19NO3S/c1-13(18)15-9-6-10-16(11-15)21(19,20)17(2)12-14-7-4-3-5-8-14/h3-11,13,18H,12H2,1-2H3. The van der Waals surface area contributed by atoms with Gasteiger partial charge in [-0.1, -0.05) is 42.5 Å². The molecule has 1 unspecified atom stereocenters. The van der Waals surface area contributed by atoms with Crippen molar-refractivity contribution < 1.29 is 13.5 Å². The van der Waals surface area contributed by atoms with E-state index in [1.807, 2.05) is 30.3 Å². The van der Waals surface area contributed by atoms with Crippen LogP contribution in [0.4, 0.5) is 0 Å². The molecule has 0 aromatic heterocycles. The lowest BCUT2D eigenvalue weighted by atomic mass is 10.1. The normalized spacial score (nSPS) is 13.3. The molecule has 0 aliphatic carbocycles. The summed E-state index contributed by atoms with van der Waals surface area (Å²) < 4.78 is 26.4. The number of aliphatic hydroxyl groups is 1. The number of sulfonamides is 1. The van der Waals surface area contributed by atoms with Gasteiger partial charge >= 0.3 is 0 Å². The molecule has 2 aromatic rings. The Labute approximate surface area is 125 Å². The Hall–Kier alpha value is -1.69. The van der Waals surface area contributed by atoms with Crippen LogP contribution in [-0.2, 0) is 16.6 Å². The highest BCUT2D eigenvalue weighted by Gasteiger charge is 2.21. The summed E-state index contributed by atoms with van der Waals surface area (Å²) in [6.07, 6.45) is -0.695. The molecular weight excluding hydrogens is 286 g/mol. The minimum absolute atomic E-state index is 0.194. The minimum atomic E-state index is -3.57. The monoisotopic (exact) mass is 305 g/mol. The summed E-state index contributed by atoms with van der Waals surface area (Å²) in [4.78, 5) is 0.194. The smallest absolute Gasteiger partial charge is 0.243 e. The highest BCUT2D eigenvalue weighted by Crippen LogP contribution is 2.21. The summed E-state index contributed by atoms with van der Waals surface area (Å²) in [5.74, 6) is 0. The van der Waals surface area contributed by atoms with Gasteiger partial charge < -0.3 is 5.11 Å². The van der Waals surface area contributed by atoms with Crippen molar-refractivity contribution in [2.45, 2.75) is 24.5 Å². The molecule has 0 heterocycles. The first-order valence-corrected chi connectivity index (χ1v) is 8.13. The lowest BCUT2D eigenvalue weighted by molar-refractivity contribution is 0.199. The minimum Gasteiger partial charge on any atom is -0.389 e. The Bertz CT molecular complexity index is 696. The summed E-state index contributed by atoms with van der Waals surface area (Å²) in [6.45, 7) is 1.92. The first kappa shape index (κ1) is 15.7. The molecule has 2 aromatic carbocycles. The molecule has 1 N–H and O–H groups in total. The molecule has 2 rings (SSSR count). The van der Waals surface area contributed by atoms with E-state index >= 15 is 0 Å². The van der Waals surface area contributed by atoms with E-state index in [9.17, 15) is 13.5 Å². The van der Waals surface area contributed by atoms with Crippen LogP contribution in [-0.4, -0.2) is 24.9 Å². The molecule has 0 aliphatic rings. The molecule has 0 amide bonds. The third kappa shape index (κ3) is 3.69.